The lowest BCUT2D eigenvalue weighted by Crippen LogP contribution is -2.03. The predicted molar refractivity (Wildman–Crippen MR) is 82.4 cm³/mol. The summed E-state index contributed by atoms with van der Waals surface area (Å²) in [5.41, 5.74) is 8.01. The fourth-order valence-electron chi connectivity index (χ4n) is 2.03. The molecular formula is C16H18ClFN2O. The Hall–Kier alpha value is -1.65. The lowest BCUT2D eigenvalue weighted by Gasteiger charge is -2.15. The molecule has 0 unspecified atom stereocenters. The fraction of sp³-hybridized carbons (Fsp3) is 0.312. The van der Waals surface area contributed by atoms with Crippen LogP contribution in [-0.2, 0) is 6.54 Å². The minimum atomic E-state index is -0.432. The molecule has 0 saturated heterocycles. The van der Waals surface area contributed by atoms with Gasteiger partial charge in [0.15, 0.2) is 0 Å². The molecule has 3 nitrogen and oxygen atoms in total. The van der Waals surface area contributed by atoms with Crippen molar-refractivity contribution in [2.45, 2.75) is 33.2 Å². The van der Waals surface area contributed by atoms with Crippen LogP contribution in [0.25, 0.3) is 0 Å². The van der Waals surface area contributed by atoms with Crippen LogP contribution in [0.15, 0.2) is 24.4 Å². The van der Waals surface area contributed by atoms with Crippen molar-refractivity contribution >= 4 is 11.6 Å². The van der Waals surface area contributed by atoms with Gasteiger partial charge in [0.1, 0.15) is 11.6 Å². The van der Waals surface area contributed by atoms with Crippen molar-refractivity contribution in [3.05, 3.63) is 51.9 Å². The molecule has 0 atom stereocenters. The monoisotopic (exact) mass is 308 g/mol. The summed E-state index contributed by atoms with van der Waals surface area (Å²) in [5.74, 6) is 0.810. The van der Waals surface area contributed by atoms with Crippen LogP contribution < -0.4 is 10.5 Å². The third-order valence-electron chi connectivity index (χ3n) is 3.23. The van der Waals surface area contributed by atoms with Crippen molar-refractivity contribution < 1.29 is 9.13 Å². The molecule has 0 aliphatic carbocycles. The summed E-state index contributed by atoms with van der Waals surface area (Å²) >= 11 is 6.24. The molecule has 1 aromatic heterocycles. The van der Waals surface area contributed by atoms with Crippen LogP contribution in [0.4, 0.5) is 4.39 Å². The van der Waals surface area contributed by atoms with Crippen molar-refractivity contribution in [1.29, 1.82) is 0 Å². The summed E-state index contributed by atoms with van der Waals surface area (Å²) in [6.45, 7) is 6.17. The molecule has 1 heterocycles. The molecule has 0 radical (unpaired) electrons. The van der Waals surface area contributed by atoms with E-state index in [1.54, 1.807) is 0 Å². The minimum absolute atomic E-state index is 0.157. The van der Waals surface area contributed by atoms with Gasteiger partial charge < -0.3 is 10.5 Å². The first kappa shape index (κ1) is 15.7. The minimum Gasteiger partial charge on any atom is -0.438 e. The first-order valence-corrected chi connectivity index (χ1v) is 7.12. The molecule has 112 valence electrons. The van der Waals surface area contributed by atoms with Crippen molar-refractivity contribution in [3.8, 4) is 11.6 Å². The Morgan fingerprint density at radius 3 is 2.67 bits per heavy atom. The van der Waals surface area contributed by atoms with E-state index in [0.717, 1.165) is 17.3 Å². The van der Waals surface area contributed by atoms with Gasteiger partial charge >= 0.3 is 0 Å². The number of pyridine rings is 1. The van der Waals surface area contributed by atoms with Crippen LogP contribution in [0, 0.1) is 12.7 Å². The zero-order valence-electron chi connectivity index (χ0n) is 12.3. The third kappa shape index (κ3) is 3.52. The van der Waals surface area contributed by atoms with Crippen LogP contribution in [0.5, 0.6) is 11.6 Å². The number of hydrogen-bond acceptors (Lipinski definition) is 3. The lowest BCUT2D eigenvalue weighted by atomic mass is 10.0. The fourth-order valence-corrected chi connectivity index (χ4v) is 2.47. The third-order valence-corrected chi connectivity index (χ3v) is 3.56. The number of halogens is 2. The van der Waals surface area contributed by atoms with Gasteiger partial charge in [0.25, 0.3) is 0 Å². The van der Waals surface area contributed by atoms with Crippen molar-refractivity contribution in [2.24, 2.45) is 5.73 Å². The maximum atomic E-state index is 13.2. The quantitative estimate of drug-likeness (QED) is 0.901. The van der Waals surface area contributed by atoms with Gasteiger partial charge in [-0.25, -0.2) is 9.37 Å². The Morgan fingerprint density at radius 2 is 2.05 bits per heavy atom. The van der Waals surface area contributed by atoms with Gasteiger partial charge in [-0.15, -0.1) is 0 Å². The van der Waals surface area contributed by atoms with Gasteiger partial charge in [-0.2, -0.15) is 0 Å². The predicted octanol–water partition coefficient (Wildman–Crippen LogP) is 4.56. The molecule has 0 aliphatic heterocycles. The van der Waals surface area contributed by atoms with E-state index < -0.39 is 5.82 Å². The second kappa shape index (κ2) is 6.41. The highest BCUT2D eigenvalue weighted by Crippen LogP contribution is 2.34. The lowest BCUT2D eigenvalue weighted by molar-refractivity contribution is 0.448. The van der Waals surface area contributed by atoms with E-state index in [4.69, 9.17) is 22.1 Å². The molecule has 2 aromatic rings. The van der Waals surface area contributed by atoms with E-state index >= 15 is 0 Å². The largest absolute Gasteiger partial charge is 0.438 e. The van der Waals surface area contributed by atoms with E-state index in [1.165, 1.54) is 6.07 Å². The van der Waals surface area contributed by atoms with Gasteiger partial charge in [-0.05, 0) is 42.2 Å². The van der Waals surface area contributed by atoms with Crippen LogP contribution >= 0.6 is 11.6 Å². The summed E-state index contributed by atoms with van der Waals surface area (Å²) in [4.78, 5) is 3.97. The van der Waals surface area contributed by atoms with Crippen LogP contribution in [0.2, 0.25) is 5.02 Å². The highest BCUT2D eigenvalue weighted by molar-refractivity contribution is 6.31. The Balaban J connectivity index is 2.42. The van der Waals surface area contributed by atoms with Crippen LogP contribution in [-0.4, -0.2) is 4.98 Å². The van der Waals surface area contributed by atoms with E-state index in [9.17, 15) is 4.39 Å². The SMILES string of the molecule is Cc1cc(Cl)c(C(C)C)cc1Oc1ncc(F)cc1CN. The summed E-state index contributed by atoms with van der Waals surface area (Å²) in [6.07, 6.45) is 1.11. The standard InChI is InChI=1S/C16H18ClFN2O/c1-9(2)13-6-15(10(3)4-14(13)17)21-16-11(7-19)5-12(18)8-20-16/h4-6,8-9H,7,19H2,1-3H3. The van der Waals surface area contributed by atoms with Crippen molar-refractivity contribution in [3.63, 3.8) is 0 Å². The molecule has 2 N–H and O–H groups in total. The van der Waals surface area contributed by atoms with Gasteiger partial charge in [0.2, 0.25) is 5.88 Å². The normalized spacial score (nSPS) is 11.0. The number of rotatable bonds is 4. The van der Waals surface area contributed by atoms with Crippen LogP contribution in [0.1, 0.15) is 36.5 Å². The zero-order valence-corrected chi connectivity index (χ0v) is 13.0. The topological polar surface area (TPSA) is 48.1 Å². The van der Waals surface area contributed by atoms with E-state index in [1.807, 2.05) is 19.1 Å². The molecule has 2 rings (SSSR count). The highest BCUT2D eigenvalue weighted by atomic mass is 35.5. The second-order valence-corrected chi connectivity index (χ2v) is 5.63. The van der Waals surface area contributed by atoms with Gasteiger partial charge in [-0.3, -0.25) is 0 Å². The molecule has 0 fully saturated rings. The average Bonchev–Trinajstić information content (AvgIpc) is 2.42. The average molecular weight is 309 g/mol. The maximum Gasteiger partial charge on any atom is 0.223 e. The highest BCUT2D eigenvalue weighted by Gasteiger charge is 2.13. The Bertz CT molecular complexity index is 659. The first-order valence-electron chi connectivity index (χ1n) is 6.74. The Labute approximate surface area is 128 Å². The second-order valence-electron chi connectivity index (χ2n) is 5.22. The zero-order chi connectivity index (χ0) is 15.6. The Morgan fingerprint density at radius 1 is 1.33 bits per heavy atom. The number of ether oxygens (including phenoxy) is 1. The smallest absolute Gasteiger partial charge is 0.223 e. The molecule has 0 saturated carbocycles. The number of aromatic nitrogens is 1. The molecular weight excluding hydrogens is 291 g/mol. The van der Waals surface area contributed by atoms with Gasteiger partial charge in [0, 0.05) is 17.1 Å². The molecule has 0 bridgehead atoms. The summed E-state index contributed by atoms with van der Waals surface area (Å²) in [7, 11) is 0. The number of nitrogens with two attached hydrogens (primary N) is 1. The van der Waals surface area contributed by atoms with Crippen molar-refractivity contribution in [1.82, 2.24) is 4.98 Å². The molecule has 0 amide bonds. The molecule has 5 heteroatoms. The number of hydrogen-bond donors (Lipinski definition) is 1. The molecule has 1 aromatic carbocycles. The van der Waals surface area contributed by atoms with E-state index in [-0.39, 0.29) is 12.5 Å². The maximum absolute atomic E-state index is 13.2. The van der Waals surface area contributed by atoms with Crippen molar-refractivity contribution in [2.75, 3.05) is 0 Å². The number of benzene rings is 1. The van der Waals surface area contributed by atoms with Gasteiger partial charge in [-0.1, -0.05) is 25.4 Å². The van der Waals surface area contributed by atoms with Crippen LogP contribution in [0.3, 0.4) is 0 Å². The number of nitrogens with zero attached hydrogens (tertiary/aromatic N) is 1. The Kier molecular flexibility index (Phi) is 4.80. The van der Waals surface area contributed by atoms with Gasteiger partial charge in [0.05, 0.1) is 6.20 Å². The molecule has 21 heavy (non-hydrogen) atoms. The summed E-state index contributed by atoms with van der Waals surface area (Å²) in [5, 5.41) is 0.709. The molecule has 0 spiro atoms. The molecule has 0 aliphatic rings. The van der Waals surface area contributed by atoms with E-state index in [2.05, 4.69) is 18.8 Å². The first-order chi connectivity index (χ1) is 9.92. The summed E-state index contributed by atoms with van der Waals surface area (Å²) in [6, 6.07) is 5.09. The number of aryl methyl sites for hydroxylation is 1. The van der Waals surface area contributed by atoms with E-state index in [0.29, 0.717) is 22.2 Å². The summed E-state index contributed by atoms with van der Waals surface area (Å²) < 4.78 is 19.0.